The van der Waals surface area contributed by atoms with Crippen LogP contribution in [0.15, 0.2) is 61.5 Å². The van der Waals surface area contributed by atoms with Gasteiger partial charge in [-0.2, -0.15) is 0 Å². The molecule has 1 fully saturated rings. The summed E-state index contributed by atoms with van der Waals surface area (Å²) in [6.07, 6.45) is 7.73. The van der Waals surface area contributed by atoms with Crippen molar-refractivity contribution in [1.82, 2.24) is 15.2 Å². The Bertz CT molecular complexity index is 809. The van der Waals surface area contributed by atoms with Gasteiger partial charge in [0, 0.05) is 30.2 Å². The van der Waals surface area contributed by atoms with Crippen LogP contribution in [0.2, 0.25) is 0 Å². The van der Waals surface area contributed by atoms with E-state index < -0.39 is 0 Å². The van der Waals surface area contributed by atoms with E-state index in [4.69, 9.17) is 0 Å². The number of carbonyl (C=O) groups excluding carboxylic acids is 1. The second-order valence-corrected chi connectivity index (χ2v) is 7.31. The fourth-order valence-electron chi connectivity index (χ4n) is 3.17. The molecule has 1 amide bonds. The molecule has 29 heavy (non-hydrogen) atoms. The average molecular weight is 395 g/mol. The lowest BCUT2D eigenvalue weighted by atomic mass is 10.0. The maximum atomic E-state index is 12.3. The number of carbonyl (C=O) groups is 1. The predicted octanol–water partition coefficient (Wildman–Crippen LogP) is 4.73. The lowest BCUT2D eigenvalue weighted by Crippen LogP contribution is -2.44. The molecule has 1 aromatic heterocycles. The van der Waals surface area contributed by atoms with Gasteiger partial charge in [-0.1, -0.05) is 44.7 Å². The second-order valence-electron chi connectivity index (χ2n) is 7.31. The zero-order valence-corrected chi connectivity index (χ0v) is 17.8. The number of allylic oxidation sites excluding steroid dienone is 2. The van der Waals surface area contributed by atoms with E-state index in [0.29, 0.717) is 12.6 Å². The molecule has 156 valence electrons. The molecule has 0 radical (unpaired) electrons. The number of amides is 1. The Morgan fingerprint density at radius 2 is 1.97 bits per heavy atom. The Hall–Kier alpha value is -2.66. The van der Waals surface area contributed by atoms with Crippen LogP contribution in [0, 0.1) is 0 Å². The van der Waals surface area contributed by atoms with Crippen molar-refractivity contribution >= 4 is 22.5 Å². The van der Waals surface area contributed by atoms with Crippen LogP contribution in [0.1, 0.15) is 39.5 Å². The first kappa shape index (κ1) is 22.6. The summed E-state index contributed by atoms with van der Waals surface area (Å²) < 4.78 is 0. The van der Waals surface area contributed by atoms with Gasteiger partial charge < -0.3 is 10.6 Å². The van der Waals surface area contributed by atoms with Gasteiger partial charge in [-0.15, -0.1) is 6.58 Å². The zero-order chi connectivity index (χ0) is 21.1. The number of hydrogen-bond acceptors (Lipinski definition) is 4. The summed E-state index contributed by atoms with van der Waals surface area (Å²) in [6, 6.07) is 10.3. The van der Waals surface area contributed by atoms with Crippen molar-refractivity contribution in [3.8, 4) is 0 Å². The van der Waals surface area contributed by atoms with Gasteiger partial charge in [-0.05, 0) is 37.8 Å². The van der Waals surface area contributed by atoms with E-state index in [2.05, 4.69) is 47.5 Å². The normalized spacial score (nSPS) is 14.6. The van der Waals surface area contributed by atoms with Crippen molar-refractivity contribution in [3.05, 3.63) is 61.5 Å². The lowest BCUT2D eigenvalue weighted by Gasteiger charge is -2.32. The van der Waals surface area contributed by atoms with Gasteiger partial charge >= 0.3 is 0 Å². The topological polar surface area (TPSA) is 57.3 Å². The first-order valence-electron chi connectivity index (χ1n) is 10.5. The number of aromatic nitrogens is 1. The van der Waals surface area contributed by atoms with Crippen LogP contribution < -0.4 is 10.6 Å². The standard InChI is InChI=1S/C20H26N4O.C4H8/c1-3-15(2)22-17-8-10-24(11-9-17)14-20(25)23-18-12-16-6-4-5-7-19(16)21-13-18;1-3-4-2/h4-7,12-13,17,22H,2-3,8-11,14H2,1H3,(H,23,25);3H,1,4H2,2H3. The maximum absolute atomic E-state index is 12.3. The van der Waals surface area contributed by atoms with E-state index in [1.165, 1.54) is 0 Å². The van der Waals surface area contributed by atoms with Gasteiger partial charge in [-0.25, -0.2) is 0 Å². The summed E-state index contributed by atoms with van der Waals surface area (Å²) in [4.78, 5) is 18.9. The highest BCUT2D eigenvalue weighted by Crippen LogP contribution is 2.16. The molecule has 0 saturated carbocycles. The predicted molar refractivity (Wildman–Crippen MR) is 123 cm³/mol. The number of para-hydroxylation sites is 1. The van der Waals surface area contributed by atoms with Crippen molar-refractivity contribution in [2.24, 2.45) is 0 Å². The molecule has 2 heterocycles. The Morgan fingerprint density at radius 3 is 2.62 bits per heavy atom. The minimum Gasteiger partial charge on any atom is -0.386 e. The van der Waals surface area contributed by atoms with Gasteiger partial charge in [0.2, 0.25) is 5.91 Å². The molecule has 0 aliphatic carbocycles. The van der Waals surface area contributed by atoms with Crippen molar-refractivity contribution in [1.29, 1.82) is 0 Å². The molecule has 5 heteroatoms. The molecule has 3 rings (SSSR count). The van der Waals surface area contributed by atoms with Gasteiger partial charge in [0.05, 0.1) is 23.9 Å². The zero-order valence-electron chi connectivity index (χ0n) is 17.8. The van der Waals surface area contributed by atoms with Gasteiger partial charge in [0.15, 0.2) is 0 Å². The third-order valence-electron chi connectivity index (χ3n) is 4.95. The quantitative estimate of drug-likeness (QED) is 0.667. The molecule has 0 spiro atoms. The fraction of sp³-hybridized carbons (Fsp3) is 0.417. The Kier molecular flexibility index (Phi) is 9.38. The van der Waals surface area contributed by atoms with Gasteiger partial charge in [-0.3, -0.25) is 14.7 Å². The number of piperidine rings is 1. The molecular weight excluding hydrogens is 360 g/mol. The number of anilines is 1. The maximum Gasteiger partial charge on any atom is 0.238 e. The van der Waals surface area contributed by atoms with E-state index in [9.17, 15) is 4.79 Å². The summed E-state index contributed by atoms with van der Waals surface area (Å²) in [5.41, 5.74) is 2.78. The van der Waals surface area contributed by atoms with E-state index in [-0.39, 0.29) is 5.91 Å². The first-order chi connectivity index (χ1) is 14.0. The largest absolute Gasteiger partial charge is 0.386 e. The lowest BCUT2D eigenvalue weighted by molar-refractivity contribution is -0.117. The van der Waals surface area contributed by atoms with E-state index >= 15 is 0 Å². The van der Waals surface area contributed by atoms with Gasteiger partial charge in [0.25, 0.3) is 0 Å². The van der Waals surface area contributed by atoms with Gasteiger partial charge in [0.1, 0.15) is 0 Å². The summed E-state index contributed by atoms with van der Waals surface area (Å²) in [5, 5.41) is 7.46. The molecular formula is C24H34N4O. The van der Waals surface area contributed by atoms with Crippen LogP contribution in [0.25, 0.3) is 10.9 Å². The van der Waals surface area contributed by atoms with Crippen molar-refractivity contribution in [2.45, 2.75) is 45.6 Å². The highest BCUT2D eigenvalue weighted by molar-refractivity contribution is 5.94. The molecule has 1 aromatic carbocycles. The molecule has 1 aliphatic heterocycles. The number of nitrogens with zero attached hydrogens (tertiary/aromatic N) is 2. The number of pyridine rings is 1. The number of hydrogen-bond donors (Lipinski definition) is 2. The summed E-state index contributed by atoms with van der Waals surface area (Å²) in [5.74, 6) is 0.0152. The third kappa shape index (κ3) is 7.70. The average Bonchev–Trinajstić information content (AvgIpc) is 2.75. The van der Waals surface area contributed by atoms with Crippen molar-refractivity contribution < 1.29 is 4.79 Å². The van der Waals surface area contributed by atoms with Crippen LogP contribution in [-0.4, -0.2) is 41.5 Å². The van der Waals surface area contributed by atoms with Crippen LogP contribution >= 0.6 is 0 Å². The smallest absolute Gasteiger partial charge is 0.238 e. The van der Waals surface area contributed by atoms with E-state index in [1.807, 2.05) is 36.4 Å². The van der Waals surface area contributed by atoms with E-state index in [1.54, 1.807) is 6.20 Å². The SMILES string of the molecule is C=C(CC)NC1CCN(CC(=O)Nc2cnc3ccccc3c2)CC1.C=CCC. The highest BCUT2D eigenvalue weighted by Gasteiger charge is 2.20. The van der Waals surface area contributed by atoms with E-state index in [0.717, 1.165) is 61.1 Å². The van der Waals surface area contributed by atoms with Crippen LogP contribution in [-0.2, 0) is 4.79 Å². The number of rotatable bonds is 7. The van der Waals surface area contributed by atoms with Crippen LogP contribution in [0.4, 0.5) is 5.69 Å². The summed E-state index contributed by atoms with van der Waals surface area (Å²) >= 11 is 0. The monoisotopic (exact) mass is 394 g/mol. The second kappa shape index (κ2) is 12.0. The molecule has 0 unspecified atom stereocenters. The number of benzene rings is 1. The Morgan fingerprint density at radius 1 is 1.28 bits per heavy atom. The van der Waals surface area contributed by atoms with Crippen LogP contribution in [0.3, 0.4) is 0 Å². The summed E-state index contributed by atoms with van der Waals surface area (Å²) in [6.45, 7) is 13.9. The minimum atomic E-state index is 0.0152. The number of nitrogens with one attached hydrogen (secondary N) is 2. The Labute approximate surface area is 174 Å². The molecule has 0 atom stereocenters. The van der Waals surface area contributed by atoms with Crippen molar-refractivity contribution in [2.75, 3.05) is 25.0 Å². The molecule has 1 saturated heterocycles. The first-order valence-corrected chi connectivity index (χ1v) is 10.5. The number of likely N-dealkylation sites (tertiary alicyclic amines) is 1. The molecule has 0 bridgehead atoms. The molecule has 2 N–H and O–H groups in total. The third-order valence-corrected chi connectivity index (χ3v) is 4.95. The minimum absolute atomic E-state index is 0.0152. The fourth-order valence-corrected chi connectivity index (χ4v) is 3.17. The highest BCUT2D eigenvalue weighted by atomic mass is 16.2. The molecule has 5 nitrogen and oxygen atoms in total. The van der Waals surface area contributed by atoms with Crippen LogP contribution in [0.5, 0.6) is 0 Å². The summed E-state index contributed by atoms with van der Waals surface area (Å²) in [7, 11) is 0. The van der Waals surface area contributed by atoms with Crippen molar-refractivity contribution in [3.63, 3.8) is 0 Å². The number of fused-ring (bicyclic) bond motifs is 1. The Balaban J connectivity index is 0.000000687. The molecule has 2 aromatic rings. The molecule has 1 aliphatic rings.